The topological polar surface area (TPSA) is 120 Å². The fourth-order valence-electron chi connectivity index (χ4n) is 5.49. The maximum atomic E-state index is 12.4. The molecule has 0 radical (unpaired) electrons. The van der Waals surface area contributed by atoms with E-state index in [4.69, 9.17) is 14.7 Å². The summed E-state index contributed by atoms with van der Waals surface area (Å²) in [7, 11) is 2.05. The van der Waals surface area contributed by atoms with E-state index < -0.39 is 12.2 Å². The molecule has 4 N–H and O–H groups in total. The van der Waals surface area contributed by atoms with Gasteiger partial charge in [0.1, 0.15) is 0 Å². The maximum Gasteiger partial charge on any atom is 0.243 e. The van der Waals surface area contributed by atoms with Crippen LogP contribution in [0.25, 0.3) is 11.1 Å². The minimum Gasteiger partial charge on any atom is -0.392 e. The first-order valence-corrected chi connectivity index (χ1v) is 15.6. The highest BCUT2D eigenvalue weighted by molar-refractivity contribution is 5.76. The first-order chi connectivity index (χ1) is 21.9. The van der Waals surface area contributed by atoms with E-state index in [0.29, 0.717) is 32.2 Å². The molecule has 9 nitrogen and oxygen atoms in total. The number of carbonyl (C=O) groups excluding carboxylic acids is 2. The van der Waals surface area contributed by atoms with Crippen LogP contribution in [0.3, 0.4) is 0 Å². The van der Waals surface area contributed by atoms with Crippen LogP contribution in [0, 0.1) is 0 Å². The van der Waals surface area contributed by atoms with E-state index in [1.807, 2.05) is 60.7 Å². The van der Waals surface area contributed by atoms with Crippen molar-refractivity contribution in [2.45, 2.75) is 70.2 Å². The molecule has 1 aliphatic rings. The van der Waals surface area contributed by atoms with Gasteiger partial charge in [-0.15, -0.1) is 6.58 Å². The molecule has 3 unspecified atom stereocenters. The Kier molecular flexibility index (Phi) is 13.3. The highest BCUT2D eigenvalue weighted by atomic mass is 16.7. The molecule has 0 saturated carbocycles. The number of benzene rings is 3. The Morgan fingerprint density at radius 3 is 2.33 bits per heavy atom. The first-order valence-electron chi connectivity index (χ1n) is 15.6. The van der Waals surface area contributed by atoms with Crippen molar-refractivity contribution in [2.75, 3.05) is 20.1 Å². The zero-order valence-electron chi connectivity index (χ0n) is 26.0. The molecule has 0 aliphatic carbocycles. The predicted molar refractivity (Wildman–Crippen MR) is 173 cm³/mol. The van der Waals surface area contributed by atoms with Crippen LogP contribution < -0.4 is 10.8 Å². The van der Waals surface area contributed by atoms with Crippen molar-refractivity contribution in [3.05, 3.63) is 108 Å². The lowest BCUT2D eigenvalue weighted by molar-refractivity contribution is -0.252. The van der Waals surface area contributed by atoms with Crippen LogP contribution in [0.2, 0.25) is 0 Å². The summed E-state index contributed by atoms with van der Waals surface area (Å²) in [6, 6.07) is 24.2. The molecule has 3 atom stereocenters. The van der Waals surface area contributed by atoms with Gasteiger partial charge in [0, 0.05) is 44.5 Å². The van der Waals surface area contributed by atoms with Gasteiger partial charge in [0.15, 0.2) is 6.29 Å². The number of ether oxygens (including phenoxy) is 2. The highest BCUT2D eigenvalue weighted by Gasteiger charge is 2.32. The molecular weight excluding hydrogens is 570 g/mol. The number of nitrogens with zero attached hydrogens (tertiary/aromatic N) is 1. The fraction of sp³-hybridized carbons (Fsp3) is 0.389. The fourth-order valence-corrected chi connectivity index (χ4v) is 5.49. The van der Waals surface area contributed by atoms with E-state index in [1.54, 1.807) is 5.48 Å². The van der Waals surface area contributed by atoms with Gasteiger partial charge in [0.25, 0.3) is 0 Å². The third kappa shape index (κ3) is 10.6. The van der Waals surface area contributed by atoms with Crippen LogP contribution in [0.15, 0.2) is 85.5 Å². The minimum absolute atomic E-state index is 0.00191. The summed E-state index contributed by atoms with van der Waals surface area (Å²) in [5.41, 5.74) is 7.51. The van der Waals surface area contributed by atoms with Crippen LogP contribution in [0.1, 0.15) is 73.2 Å². The summed E-state index contributed by atoms with van der Waals surface area (Å²) in [6.07, 6.45) is 4.53. The van der Waals surface area contributed by atoms with Crippen LogP contribution in [0.4, 0.5) is 0 Å². The number of amides is 2. The summed E-state index contributed by atoms with van der Waals surface area (Å²) in [4.78, 5) is 25.6. The second-order valence-corrected chi connectivity index (χ2v) is 11.6. The SMILES string of the molecule is C=CCN(C)CC1CC(c2ccc(CO)cc2)OC(c2cccc(-c3cccc(CNC(=O)CCCCCC(=O)NO)c3)c2)O1. The quantitative estimate of drug-likeness (QED) is 0.0719. The lowest BCUT2D eigenvalue weighted by atomic mass is 9.98. The summed E-state index contributed by atoms with van der Waals surface area (Å²) in [5.74, 6) is -0.441. The number of aliphatic hydroxyl groups excluding tert-OH is 1. The molecule has 4 rings (SSSR count). The Hall–Kier alpha value is -3.86. The lowest BCUT2D eigenvalue weighted by Crippen LogP contribution is -2.37. The van der Waals surface area contributed by atoms with Gasteiger partial charge < -0.3 is 24.8 Å². The third-order valence-corrected chi connectivity index (χ3v) is 7.91. The summed E-state index contributed by atoms with van der Waals surface area (Å²) in [6.45, 7) is 5.79. The summed E-state index contributed by atoms with van der Waals surface area (Å²) >= 11 is 0. The van der Waals surface area contributed by atoms with Crippen LogP contribution in [-0.2, 0) is 32.2 Å². The number of nitrogens with one attached hydrogen (secondary N) is 2. The van der Waals surface area contributed by atoms with E-state index in [1.165, 1.54) is 0 Å². The van der Waals surface area contributed by atoms with Crippen molar-refractivity contribution in [1.29, 1.82) is 0 Å². The minimum atomic E-state index is -0.552. The average Bonchev–Trinajstić information content (AvgIpc) is 3.07. The largest absolute Gasteiger partial charge is 0.392 e. The standard InChI is InChI=1S/C36H45N3O6/c1-3-19-39(2)24-32-22-33(28-17-15-26(25-40)16-18-28)45-36(44-32)31-12-8-11-30(21-31)29-10-7-9-27(20-29)23-37-34(41)13-5-4-6-14-35(42)38-43/h3,7-12,15-18,20-21,32-33,36,40,43H,1,4-6,13-14,19,22-25H2,2H3,(H,37,41)(H,38,42). The lowest BCUT2D eigenvalue weighted by Gasteiger charge is -2.37. The van der Waals surface area contributed by atoms with Crippen molar-refractivity contribution < 1.29 is 29.4 Å². The highest BCUT2D eigenvalue weighted by Crippen LogP contribution is 2.39. The Balaban J connectivity index is 1.42. The Morgan fingerprint density at radius 2 is 1.62 bits per heavy atom. The summed E-state index contributed by atoms with van der Waals surface area (Å²) < 4.78 is 13.1. The normalized spacial score (nSPS) is 18.0. The Bertz CT molecular complexity index is 1400. The van der Waals surface area contributed by atoms with Gasteiger partial charge in [-0.1, -0.05) is 73.2 Å². The Morgan fingerprint density at radius 1 is 0.911 bits per heavy atom. The van der Waals surface area contributed by atoms with Crippen molar-refractivity contribution in [2.24, 2.45) is 0 Å². The van der Waals surface area contributed by atoms with E-state index in [9.17, 15) is 14.7 Å². The maximum absolute atomic E-state index is 12.4. The molecule has 240 valence electrons. The van der Waals surface area contributed by atoms with E-state index >= 15 is 0 Å². The monoisotopic (exact) mass is 615 g/mol. The van der Waals surface area contributed by atoms with Crippen molar-refractivity contribution in [3.8, 4) is 11.1 Å². The molecule has 1 aliphatic heterocycles. The number of likely N-dealkylation sites (N-methyl/N-ethyl adjacent to an activating group) is 1. The van der Waals surface area contributed by atoms with Gasteiger partial charge in [-0.25, -0.2) is 5.48 Å². The third-order valence-electron chi connectivity index (χ3n) is 7.91. The van der Waals surface area contributed by atoms with E-state index in [-0.39, 0.29) is 31.1 Å². The van der Waals surface area contributed by atoms with Crippen LogP contribution >= 0.6 is 0 Å². The zero-order valence-corrected chi connectivity index (χ0v) is 26.0. The molecule has 0 bridgehead atoms. The molecule has 3 aromatic rings. The van der Waals surface area contributed by atoms with Crippen LogP contribution in [-0.4, -0.2) is 53.3 Å². The van der Waals surface area contributed by atoms with Crippen molar-refractivity contribution in [1.82, 2.24) is 15.7 Å². The molecule has 3 aromatic carbocycles. The van der Waals surface area contributed by atoms with Gasteiger partial charge in [0.2, 0.25) is 11.8 Å². The number of hydrogen-bond acceptors (Lipinski definition) is 7. The number of unbranched alkanes of at least 4 members (excludes halogenated alkanes) is 2. The number of hydrogen-bond donors (Lipinski definition) is 4. The summed E-state index contributed by atoms with van der Waals surface area (Å²) in [5, 5.41) is 21.0. The number of rotatable bonds is 16. The van der Waals surface area contributed by atoms with Gasteiger partial charge >= 0.3 is 0 Å². The number of hydroxylamine groups is 1. The predicted octanol–water partition coefficient (Wildman–Crippen LogP) is 5.58. The molecule has 45 heavy (non-hydrogen) atoms. The second-order valence-electron chi connectivity index (χ2n) is 11.6. The van der Waals surface area contributed by atoms with Gasteiger partial charge in [-0.3, -0.25) is 14.8 Å². The van der Waals surface area contributed by atoms with E-state index in [2.05, 4.69) is 42.0 Å². The number of carbonyl (C=O) groups is 2. The zero-order chi connectivity index (χ0) is 32.0. The first kappa shape index (κ1) is 34.0. The number of aliphatic hydroxyl groups is 1. The molecule has 0 spiro atoms. The molecule has 2 amide bonds. The van der Waals surface area contributed by atoms with Crippen molar-refractivity contribution >= 4 is 11.8 Å². The molecular formula is C36H45N3O6. The smallest absolute Gasteiger partial charge is 0.243 e. The Labute approximate surface area is 265 Å². The molecule has 0 aromatic heterocycles. The average molecular weight is 616 g/mol. The molecule has 9 heteroatoms. The van der Waals surface area contributed by atoms with Gasteiger partial charge in [0.05, 0.1) is 18.8 Å². The molecule has 1 saturated heterocycles. The van der Waals surface area contributed by atoms with E-state index in [0.717, 1.165) is 52.9 Å². The second kappa shape index (κ2) is 17.6. The molecule has 1 heterocycles. The van der Waals surface area contributed by atoms with Gasteiger partial charge in [-0.05, 0) is 59.8 Å². The molecule has 1 fully saturated rings. The van der Waals surface area contributed by atoms with Crippen molar-refractivity contribution in [3.63, 3.8) is 0 Å². The van der Waals surface area contributed by atoms with Gasteiger partial charge in [-0.2, -0.15) is 0 Å². The van der Waals surface area contributed by atoms with Crippen LogP contribution in [0.5, 0.6) is 0 Å².